The molecule has 0 unspecified atom stereocenters. The summed E-state index contributed by atoms with van der Waals surface area (Å²) < 4.78 is 0.699. The average molecular weight is 294 g/mol. The van der Waals surface area contributed by atoms with Gasteiger partial charge in [-0.3, -0.25) is 4.79 Å². The third-order valence-electron chi connectivity index (χ3n) is 2.47. The van der Waals surface area contributed by atoms with Gasteiger partial charge >= 0.3 is 0 Å². The van der Waals surface area contributed by atoms with Crippen LogP contribution in [0.1, 0.15) is 12.5 Å². The summed E-state index contributed by atoms with van der Waals surface area (Å²) >= 11 is 2.63. The van der Waals surface area contributed by atoms with Crippen LogP contribution in [0.25, 0.3) is 0 Å². The van der Waals surface area contributed by atoms with Gasteiger partial charge in [-0.1, -0.05) is 41.3 Å². The van der Waals surface area contributed by atoms with Gasteiger partial charge in [0.25, 0.3) is 0 Å². The number of nitrogen functional groups attached to an aromatic ring is 1. The summed E-state index contributed by atoms with van der Waals surface area (Å²) in [5.41, 5.74) is 7.37. The standard InChI is InChI=1S/C12H14N4OS2/c1-7-5-3-4-6-9(7)14-10(17)8(2)18-12-16-15-11(13)19-12/h3-6,8H,1-2H3,(H2,13,15)(H,14,17)/t8-/m0/s1. The molecule has 7 heteroatoms. The lowest BCUT2D eigenvalue weighted by Gasteiger charge is -2.11. The number of benzene rings is 1. The minimum absolute atomic E-state index is 0.0620. The summed E-state index contributed by atoms with van der Waals surface area (Å²) in [7, 11) is 0. The maximum absolute atomic E-state index is 12.1. The maximum Gasteiger partial charge on any atom is 0.237 e. The molecule has 1 aromatic heterocycles. The van der Waals surface area contributed by atoms with Crippen LogP contribution in [0.4, 0.5) is 10.8 Å². The lowest BCUT2D eigenvalue weighted by atomic mass is 10.2. The van der Waals surface area contributed by atoms with E-state index in [0.717, 1.165) is 11.3 Å². The van der Waals surface area contributed by atoms with Gasteiger partial charge in [0.2, 0.25) is 11.0 Å². The van der Waals surface area contributed by atoms with Crippen LogP contribution in [0.3, 0.4) is 0 Å². The summed E-state index contributed by atoms with van der Waals surface area (Å²) in [5, 5.41) is 10.7. The predicted octanol–water partition coefficient (Wildman–Crippen LogP) is 2.55. The Morgan fingerprint density at radius 2 is 2.16 bits per heavy atom. The molecule has 0 radical (unpaired) electrons. The Morgan fingerprint density at radius 1 is 1.42 bits per heavy atom. The van der Waals surface area contributed by atoms with Crippen molar-refractivity contribution in [2.45, 2.75) is 23.4 Å². The Labute approximate surface area is 119 Å². The van der Waals surface area contributed by atoms with E-state index in [1.807, 2.05) is 38.1 Å². The number of nitrogens with zero attached hydrogens (tertiary/aromatic N) is 2. The Morgan fingerprint density at radius 3 is 2.79 bits per heavy atom. The zero-order valence-corrected chi connectivity index (χ0v) is 12.2. The molecule has 2 rings (SSSR count). The molecule has 5 nitrogen and oxygen atoms in total. The van der Waals surface area contributed by atoms with E-state index >= 15 is 0 Å². The van der Waals surface area contributed by atoms with E-state index in [1.54, 1.807) is 0 Å². The normalized spacial score (nSPS) is 12.1. The zero-order valence-electron chi connectivity index (χ0n) is 10.6. The van der Waals surface area contributed by atoms with Gasteiger partial charge in [0.15, 0.2) is 4.34 Å². The number of nitrogens with two attached hydrogens (primary N) is 1. The van der Waals surface area contributed by atoms with Gasteiger partial charge in [0.1, 0.15) is 0 Å². The molecule has 0 spiro atoms. The average Bonchev–Trinajstić information content (AvgIpc) is 2.77. The van der Waals surface area contributed by atoms with Crippen molar-refractivity contribution in [1.82, 2.24) is 10.2 Å². The van der Waals surface area contributed by atoms with Crippen LogP contribution in [0.2, 0.25) is 0 Å². The molecule has 0 saturated heterocycles. The molecular weight excluding hydrogens is 280 g/mol. The quantitative estimate of drug-likeness (QED) is 0.847. The van der Waals surface area contributed by atoms with Gasteiger partial charge in [-0.15, -0.1) is 10.2 Å². The van der Waals surface area contributed by atoms with Crippen LogP contribution < -0.4 is 11.1 Å². The molecule has 1 aromatic carbocycles. The van der Waals surface area contributed by atoms with Crippen molar-refractivity contribution >= 4 is 39.8 Å². The second kappa shape index (κ2) is 6.03. The Balaban J connectivity index is 1.98. The van der Waals surface area contributed by atoms with E-state index in [2.05, 4.69) is 15.5 Å². The highest BCUT2D eigenvalue weighted by Gasteiger charge is 2.17. The van der Waals surface area contributed by atoms with E-state index in [0.29, 0.717) is 9.47 Å². The largest absolute Gasteiger partial charge is 0.374 e. The van der Waals surface area contributed by atoms with Gasteiger partial charge in [-0.05, 0) is 25.5 Å². The Kier molecular flexibility index (Phi) is 4.39. The van der Waals surface area contributed by atoms with E-state index in [4.69, 9.17) is 5.73 Å². The molecule has 2 aromatic rings. The molecule has 0 saturated carbocycles. The molecule has 0 fully saturated rings. The topological polar surface area (TPSA) is 80.9 Å². The van der Waals surface area contributed by atoms with Crippen LogP contribution in [-0.2, 0) is 4.79 Å². The highest BCUT2D eigenvalue weighted by molar-refractivity contribution is 8.02. The van der Waals surface area contributed by atoms with Crippen molar-refractivity contribution in [3.63, 3.8) is 0 Å². The molecule has 1 atom stereocenters. The lowest BCUT2D eigenvalue weighted by molar-refractivity contribution is -0.115. The third-order valence-corrected chi connectivity index (χ3v) is 4.41. The van der Waals surface area contributed by atoms with Crippen molar-refractivity contribution in [2.75, 3.05) is 11.1 Å². The van der Waals surface area contributed by atoms with E-state index in [9.17, 15) is 4.79 Å². The van der Waals surface area contributed by atoms with Crippen molar-refractivity contribution in [1.29, 1.82) is 0 Å². The monoisotopic (exact) mass is 294 g/mol. The van der Waals surface area contributed by atoms with Gasteiger partial charge in [-0.25, -0.2) is 0 Å². The number of para-hydroxylation sites is 1. The highest BCUT2D eigenvalue weighted by Crippen LogP contribution is 2.28. The van der Waals surface area contributed by atoms with Crippen molar-refractivity contribution < 1.29 is 4.79 Å². The lowest BCUT2D eigenvalue weighted by Crippen LogP contribution is -2.22. The predicted molar refractivity (Wildman–Crippen MR) is 79.4 cm³/mol. The summed E-state index contributed by atoms with van der Waals surface area (Å²) in [6.07, 6.45) is 0. The Bertz CT molecular complexity index is 585. The summed E-state index contributed by atoms with van der Waals surface area (Å²) in [6, 6.07) is 7.67. The number of aryl methyl sites for hydroxylation is 1. The summed E-state index contributed by atoms with van der Waals surface area (Å²) in [6.45, 7) is 3.79. The fourth-order valence-corrected chi connectivity index (χ4v) is 3.20. The number of aromatic nitrogens is 2. The van der Waals surface area contributed by atoms with Crippen LogP contribution >= 0.6 is 23.1 Å². The van der Waals surface area contributed by atoms with Crippen LogP contribution in [0, 0.1) is 6.92 Å². The molecular formula is C12H14N4OS2. The van der Waals surface area contributed by atoms with Crippen LogP contribution in [0.15, 0.2) is 28.6 Å². The second-order valence-corrected chi connectivity index (χ2v) is 6.57. The van der Waals surface area contributed by atoms with Gasteiger partial charge in [-0.2, -0.15) is 0 Å². The molecule has 19 heavy (non-hydrogen) atoms. The number of carbonyl (C=O) groups excluding carboxylic acids is 1. The first-order valence-electron chi connectivity index (χ1n) is 5.68. The fourth-order valence-electron chi connectivity index (χ4n) is 1.42. The van der Waals surface area contributed by atoms with E-state index < -0.39 is 0 Å². The minimum atomic E-state index is -0.257. The molecule has 1 heterocycles. The highest BCUT2D eigenvalue weighted by atomic mass is 32.2. The number of thioether (sulfide) groups is 1. The molecule has 1 amide bonds. The number of anilines is 2. The van der Waals surface area contributed by atoms with Gasteiger partial charge < -0.3 is 11.1 Å². The Hall–Kier alpha value is -1.60. The third kappa shape index (κ3) is 3.68. The maximum atomic E-state index is 12.1. The minimum Gasteiger partial charge on any atom is -0.374 e. The van der Waals surface area contributed by atoms with Crippen molar-refractivity contribution in [3.05, 3.63) is 29.8 Å². The second-order valence-electron chi connectivity index (χ2n) is 3.97. The number of amides is 1. The van der Waals surface area contributed by atoms with Crippen LogP contribution in [0.5, 0.6) is 0 Å². The summed E-state index contributed by atoms with van der Waals surface area (Å²) in [5.74, 6) is -0.0620. The van der Waals surface area contributed by atoms with Crippen LogP contribution in [-0.4, -0.2) is 21.4 Å². The molecule has 0 aliphatic carbocycles. The summed E-state index contributed by atoms with van der Waals surface area (Å²) in [4.78, 5) is 12.1. The smallest absolute Gasteiger partial charge is 0.237 e. The number of hydrogen-bond acceptors (Lipinski definition) is 6. The SMILES string of the molecule is Cc1ccccc1NC(=O)[C@H](C)Sc1nnc(N)s1. The molecule has 3 N–H and O–H groups in total. The molecule has 0 aliphatic heterocycles. The first kappa shape index (κ1) is 13.8. The van der Waals surface area contributed by atoms with E-state index in [1.165, 1.54) is 23.1 Å². The number of rotatable bonds is 4. The van der Waals surface area contributed by atoms with Crippen molar-refractivity contribution in [3.8, 4) is 0 Å². The molecule has 0 bridgehead atoms. The van der Waals surface area contributed by atoms with Gasteiger partial charge in [0.05, 0.1) is 5.25 Å². The van der Waals surface area contributed by atoms with E-state index in [-0.39, 0.29) is 11.2 Å². The number of carbonyl (C=O) groups is 1. The zero-order chi connectivity index (χ0) is 13.8. The first-order chi connectivity index (χ1) is 9.06. The first-order valence-corrected chi connectivity index (χ1v) is 7.38. The van der Waals surface area contributed by atoms with Crippen molar-refractivity contribution in [2.24, 2.45) is 0 Å². The molecule has 0 aliphatic rings. The number of nitrogens with one attached hydrogen (secondary N) is 1. The van der Waals surface area contributed by atoms with Gasteiger partial charge in [0, 0.05) is 5.69 Å². The molecule has 100 valence electrons. The number of hydrogen-bond donors (Lipinski definition) is 2. The fraction of sp³-hybridized carbons (Fsp3) is 0.250.